The highest BCUT2D eigenvalue weighted by Crippen LogP contribution is 2.29. The van der Waals surface area contributed by atoms with Crippen molar-refractivity contribution in [3.05, 3.63) is 46.6 Å². The highest BCUT2D eigenvalue weighted by atomic mass is 32.2. The molecule has 0 spiro atoms. The van der Waals surface area contributed by atoms with E-state index in [-0.39, 0.29) is 5.69 Å². The number of aromatic nitrogens is 1. The van der Waals surface area contributed by atoms with Crippen LogP contribution in [-0.4, -0.2) is 9.91 Å². The van der Waals surface area contributed by atoms with Crippen molar-refractivity contribution in [3.63, 3.8) is 0 Å². The van der Waals surface area contributed by atoms with E-state index in [1.54, 1.807) is 0 Å². The Hall–Kier alpha value is -1.89. The molecule has 1 heterocycles. The van der Waals surface area contributed by atoms with Crippen molar-refractivity contribution in [1.29, 1.82) is 0 Å². The van der Waals surface area contributed by atoms with Gasteiger partial charge in [-0.1, -0.05) is 0 Å². The molecular weight excluding hydrogens is 235 g/mol. The van der Waals surface area contributed by atoms with Gasteiger partial charge in [-0.25, -0.2) is 9.37 Å². The molecule has 0 saturated heterocycles. The van der Waals surface area contributed by atoms with E-state index in [1.807, 2.05) is 0 Å². The molecule has 1 aromatic carbocycles. The maximum atomic E-state index is 13.0. The molecule has 0 amide bonds. The number of hydrogen-bond acceptors (Lipinski definition) is 5. The normalized spacial score (nSPS) is 10.3. The Kier molecular flexibility index (Phi) is 2.86. The van der Waals surface area contributed by atoms with Gasteiger partial charge in [0.2, 0.25) is 0 Å². The lowest BCUT2D eigenvalue weighted by molar-refractivity contribution is -0.385. The second kappa shape index (κ2) is 4.31. The van der Waals surface area contributed by atoms with Crippen LogP contribution in [0.3, 0.4) is 0 Å². The number of nitrogens with zero attached hydrogens (tertiary/aromatic N) is 2. The summed E-state index contributed by atoms with van der Waals surface area (Å²) in [5.41, 5.74) is -0.297. The molecule has 0 N–H and O–H groups in total. The van der Waals surface area contributed by atoms with Gasteiger partial charge >= 0.3 is 0 Å². The molecule has 0 aliphatic rings. The summed E-state index contributed by atoms with van der Waals surface area (Å²) in [6.45, 7) is 0. The van der Waals surface area contributed by atoms with Crippen LogP contribution in [0.25, 0.3) is 0 Å². The Morgan fingerprint density at radius 2 is 2.25 bits per heavy atom. The zero-order valence-corrected chi connectivity index (χ0v) is 8.61. The predicted molar refractivity (Wildman–Crippen MR) is 53.7 cm³/mol. The Morgan fingerprint density at radius 3 is 2.88 bits per heavy atom. The Bertz CT molecular complexity index is 515. The van der Waals surface area contributed by atoms with Gasteiger partial charge in [-0.15, -0.1) is 0 Å². The van der Waals surface area contributed by atoms with E-state index in [9.17, 15) is 14.5 Å². The summed E-state index contributed by atoms with van der Waals surface area (Å²) in [6.07, 6.45) is 2.81. The molecular formula is C9H5FN2O3S. The summed E-state index contributed by atoms with van der Waals surface area (Å²) < 4.78 is 18.0. The Balaban J connectivity index is 2.31. The second-order valence-corrected chi connectivity index (χ2v) is 3.83. The fourth-order valence-electron chi connectivity index (χ4n) is 1.07. The minimum Gasteiger partial charge on any atom is -0.440 e. The third-order valence-electron chi connectivity index (χ3n) is 1.68. The number of rotatable bonds is 3. The number of halogens is 1. The zero-order chi connectivity index (χ0) is 11.5. The number of nitro groups is 1. The molecule has 0 aliphatic carbocycles. The Labute approximate surface area is 93.4 Å². The van der Waals surface area contributed by atoms with Crippen LogP contribution in [0.2, 0.25) is 0 Å². The van der Waals surface area contributed by atoms with Crippen molar-refractivity contribution in [3.8, 4) is 0 Å². The predicted octanol–water partition coefficient (Wildman–Crippen LogP) is 2.87. The average molecular weight is 240 g/mol. The molecule has 0 atom stereocenters. The minimum atomic E-state index is -0.664. The number of nitro benzene ring substituents is 1. The van der Waals surface area contributed by atoms with Gasteiger partial charge < -0.3 is 4.42 Å². The zero-order valence-electron chi connectivity index (χ0n) is 7.79. The topological polar surface area (TPSA) is 69.2 Å². The van der Waals surface area contributed by atoms with Gasteiger partial charge in [-0.2, -0.15) is 0 Å². The van der Waals surface area contributed by atoms with Crippen LogP contribution < -0.4 is 0 Å². The lowest BCUT2D eigenvalue weighted by atomic mass is 10.3. The smallest absolute Gasteiger partial charge is 0.273 e. The largest absolute Gasteiger partial charge is 0.440 e. The standard InChI is InChI=1S/C9H5FN2O3S/c10-6-3-7(12(13)14)5-8(4-6)16-9-11-1-2-15-9/h1-5H. The Morgan fingerprint density at radius 1 is 1.44 bits per heavy atom. The molecule has 2 aromatic rings. The fourth-order valence-corrected chi connectivity index (χ4v) is 1.84. The van der Waals surface area contributed by atoms with E-state index in [1.165, 1.54) is 24.6 Å². The highest BCUT2D eigenvalue weighted by molar-refractivity contribution is 7.99. The van der Waals surface area contributed by atoms with Gasteiger partial charge in [0.05, 0.1) is 17.2 Å². The summed E-state index contributed by atoms with van der Waals surface area (Å²) in [6, 6.07) is 3.30. The van der Waals surface area contributed by atoms with E-state index >= 15 is 0 Å². The SMILES string of the molecule is O=[N+]([O-])c1cc(F)cc(Sc2ncco2)c1. The molecule has 0 radical (unpaired) electrons. The van der Waals surface area contributed by atoms with Crippen LogP contribution >= 0.6 is 11.8 Å². The first-order chi connectivity index (χ1) is 7.65. The van der Waals surface area contributed by atoms with E-state index in [2.05, 4.69) is 4.98 Å². The fraction of sp³-hybridized carbons (Fsp3) is 0. The number of hydrogen-bond donors (Lipinski definition) is 0. The first kappa shape index (κ1) is 10.6. The number of oxazole rings is 1. The van der Waals surface area contributed by atoms with Crippen LogP contribution in [0.4, 0.5) is 10.1 Å². The van der Waals surface area contributed by atoms with Gasteiger partial charge in [-0.05, 0) is 17.8 Å². The second-order valence-electron chi connectivity index (χ2n) is 2.80. The van der Waals surface area contributed by atoms with Crippen molar-refractivity contribution in [2.75, 3.05) is 0 Å². The molecule has 5 nitrogen and oxygen atoms in total. The summed E-state index contributed by atoms with van der Waals surface area (Å²) in [5, 5.41) is 10.8. The molecule has 0 aliphatic heterocycles. The molecule has 0 unspecified atom stereocenters. The molecule has 82 valence electrons. The van der Waals surface area contributed by atoms with Crippen LogP contribution in [0.5, 0.6) is 0 Å². The molecule has 1 aromatic heterocycles. The lowest BCUT2D eigenvalue weighted by Crippen LogP contribution is -1.89. The lowest BCUT2D eigenvalue weighted by Gasteiger charge is -1.98. The third-order valence-corrected chi connectivity index (χ3v) is 2.53. The quantitative estimate of drug-likeness (QED) is 0.609. The average Bonchev–Trinajstić information content (AvgIpc) is 2.69. The molecule has 2 rings (SSSR count). The summed E-state index contributed by atoms with van der Waals surface area (Å²) >= 11 is 1.02. The highest BCUT2D eigenvalue weighted by Gasteiger charge is 2.11. The summed E-state index contributed by atoms with van der Waals surface area (Å²) in [5.74, 6) is -0.664. The van der Waals surface area contributed by atoms with Crippen molar-refractivity contribution in [2.24, 2.45) is 0 Å². The van der Waals surface area contributed by atoms with Crippen molar-refractivity contribution in [1.82, 2.24) is 4.98 Å². The van der Waals surface area contributed by atoms with E-state index < -0.39 is 10.7 Å². The molecule has 7 heteroatoms. The minimum absolute atomic E-state index is 0.297. The van der Waals surface area contributed by atoms with E-state index in [0.717, 1.165) is 17.8 Å². The molecule has 0 saturated carbocycles. The summed E-state index contributed by atoms with van der Waals surface area (Å²) in [7, 11) is 0. The van der Waals surface area contributed by atoms with Crippen LogP contribution in [0.15, 0.2) is 45.2 Å². The van der Waals surface area contributed by atoms with E-state index in [4.69, 9.17) is 4.42 Å². The van der Waals surface area contributed by atoms with Gasteiger partial charge in [-0.3, -0.25) is 10.1 Å². The van der Waals surface area contributed by atoms with Crippen molar-refractivity contribution < 1.29 is 13.7 Å². The first-order valence-corrected chi connectivity index (χ1v) is 4.99. The van der Waals surface area contributed by atoms with Gasteiger partial charge in [0, 0.05) is 11.0 Å². The van der Waals surface area contributed by atoms with Gasteiger partial charge in [0.15, 0.2) is 0 Å². The monoisotopic (exact) mass is 240 g/mol. The first-order valence-electron chi connectivity index (χ1n) is 4.17. The third kappa shape index (κ3) is 2.37. The van der Waals surface area contributed by atoms with Crippen molar-refractivity contribution in [2.45, 2.75) is 10.1 Å². The van der Waals surface area contributed by atoms with E-state index in [0.29, 0.717) is 10.1 Å². The van der Waals surface area contributed by atoms with Crippen LogP contribution in [0, 0.1) is 15.9 Å². The van der Waals surface area contributed by atoms with Gasteiger partial charge in [0.25, 0.3) is 10.9 Å². The van der Waals surface area contributed by atoms with Crippen LogP contribution in [0.1, 0.15) is 0 Å². The van der Waals surface area contributed by atoms with Gasteiger partial charge in [0.1, 0.15) is 12.1 Å². The number of non-ortho nitro benzene ring substituents is 1. The van der Waals surface area contributed by atoms with Crippen molar-refractivity contribution >= 4 is 17.4 Å². The summed E-state index contributed by atoms with van der Waals surface area (Å²) in [4.78, 5) is 14.0. The van der Waals surface area contributed by atoms with Crippen LogP contribution in [-0.2, 0) is 0 Å². The maximum Gasteiger partial charge on any atom is 0.273 e. The maximum absolute atomic E-state index is 13.0. The number of benzene rings is 1. The molecule has 0 fully saturated rings. The molecule has 0 bridgehead atoms. The molecule has 16 heavy (non-hydrogen) atoms.